The topological polar surface area (TPSA) is 116 Å². The summed E-state index contributed by atoms with van der Waals surface area (Å²) in [5, 5.41) is 9.40. The lowest BCUT2D eigenvalue weighted by atomic mass is 10.1. The monoisotopic (exact) mass is 558 g/mol. The van der Waals surface area contributed by atoms with E-state index >= 15 is 0 Å². The standard InChI is InChI=1S/C24H16Cl2N4O4S2/c25-19(31)15-3-1-5-17(11-15)27-23(35)29-21(33)13-7-9-14(10-8-13)22(34)30-24(36)28-18-6-2-4-16(12-18)20(26)32/h1-12H,(H2,27,29,33,35)(H2,28,30,34,36). The van der Waals surface area contributed by atoms with Crippen LogP contribution >= 0.6 is 47.6 Å². The second kappa shape index (κ2) is 12.3. The molecular weight excluding hydrogens is 543 g/mol. The van der Waals surface area contributed by atoms with Crippen molar-refractivity contribution in [1.82, 2.24) is 10.6 Å². The van der Waals surface area contributed by atoms with Crippen molar-refractivity contribution in [2.45, 2.75) is 0 Å². The molecule has 0 radical (unpaired) electrons. The molecule has 3 rings (SSSR count). The van der Waals surface area contributed by atoms with Crippen LogP contribution in [0, 0.1) is 0 Å². The zero-order chi connectivity index (χ0) is 26.2. The fourth-order valence-corrected chi connectivity index (χ4v) is 3.54. The molecule has 3 aromatic rings. The fraction of sp³-hybridized carbons (Fsp3) is 0. The number of hydrogen-bond donors (Lipinski definition) is 4. The summed E-state index contributed by atoms with van der Waals surface area (Å²) in [6.45, 7) is 0. The molecule has 0 unspecified atom stereocenters. The van der Waals surface area contributed by atoms with E-state index in [-0.39, 0.29) is 32.5 Å². The third-order valence-electron chi connectivity index (χ3n) is 4.56. The van der Waals surface area contributed by atoms with Crippen LogP contribution in [0.4, 0.5) is 11.4 Å². The van der Waals surface area contributed by atoms with Gasteiger partial charge >= 0.3 is 0 Å². The Labute approximate surface area is 226 Å². The van der Waals surface area contributed by atoms with Gasteiger partial charge in [0.05, 0.1) is 0 Å². The van der Waals surface area contributed by atoms with Gasteiger partial charge in [-0.15, -0.1) is 0 Å². The zero-order valence-corrected chi connectivity index (χ0v) is 21.3. The summed E-state index contributed by atoms with van der Waals surface area (Å²) >= 11 is 21.2. The first-order valence-corrected chi connectivity index (χ1v) is 11.6. The predicted molar refractivity (Wildman–Crippen MR) is 147 cm³/mol. The molecule has 0 aliphatic carbocycles. The molecule has 0 heterocycles. The van der Waals surface area contributed by atoms with Crippen LogP contribution in [0.5, 0.6) is 0 Å². The van der Waals surface area contributed by atoms with Gasteiger partial charge in [0, 0.05) is 33.6 Å². The van der Waals surface area contributed by atoms with Crippen molar-refractivity contribution in [3.8, 4) is 0 Å². The molecule has 0 saturated carbocycles. The summed E-state index contributed by atoms with van der Waals surface area (Å²) < 4.78 is 0. The summed E-state index contributed by atoms with van der Waals surface area (Å²) in [4.78, 5) is 47.5. The summed E-state index contributed by atoms with van der Waals surface area (Å²) in [6.07, 6.45) is 0. The number of hydrogen-bond acceptors (Lipinski definition) is 6. The highest BCUT2D eigenvalue weighted by atomic mass is 35.5. The van der Waals surface area contributed by atoms with E-state index in [2.05, 4.69) is 21.3 Å². The van der Waals surface area contributed by atoms with Crippen LogP contribution in [0.15, 0.2) is 72.8 Å². The highest BCUT2D eigenvalue weighted by molar-refractivity contribution is 7.80. The number of thiocarbonyl (C=S) groups is 2. The Balaban J connectivity index is 1.55. The van der Waals surface area contributed by atoms with E-state index in [1.54, 1.807) is 36.4 Å². The molecule has 0 saturated heterocycles. The Hall–Kier alpha value is -3.70. The molecular formula is C24H16Cl2N4O4S2. The highest BCUT2D eigenvalue weighted by Crippen LogP contribution is 2.14. The SMILES string of the molecule is O=C(Cl)c1cccc(NC(=S)NC(=O)c2ccc(C(=O)NC(=S)Nc3cccc(C(=O)Cl)c3)cc2)c1. The average molecular weight is 559 g/mol. The van der Waals surface area contributed by atoms with Crippen LogP contribution < -0.4 is 21.3 Å². The summed E-state index contributed by atoms with van der Waals surface area (Å²) in [6, 6.07) is 18.4. The maximum absolute atomic E-state index is 12.5. The summed E-state index contributed by atoms with van der Waals surface area (Å²) in [5.41, 5.74) is 2.01. The molecule has 36 heavy (non-hydrogen) atoms. The lowest BCUT2D eigenvalue weighted by molar-refractivity contribution is 0.0965. The van der Waals surface area contributed by atoms with Crippen molar-refractivity contribution in [2.24, 2.45) is 0 Å². The molecule has 182 valence electrons. The number of nitrogens with one attached hydrogen (secondary N) is 4. The molecule has 0 fully saturated rings. The van der Waals surface area contributed by atoms with Gasteiger partial charge in [-0.25, -0.2) is 0 Å². The Kier molecular flexibility index (Phi) is 9.20. The molecule has 4 N–H and O–H groups in total. The minimum atomic E-state index is -0.619. The minimum Gasteiger partial charge on any atom is -0.332 e. The largest absolute Gasteiger partial charge is 0.332 e. The van der Waals surface area contributed by atoms with Gasteiger partial charge in [-0.05, 0) is 108 Å². The minimum absolute atomic E-state index is 0.0114. The Bertz CT molecular complexity index is 1280. The smallest absolute Gasteiger partial charge is 0.257 e. The molecule has 8 nitrogen and oxygen atoms in total. The van der Waals surface area contributed by atoms with Gasteiger partial charge in [0.15, 0.2) is 10.2 Å². The van der Waals surface area contributed by atoms with Crippen LogP contribution in [0.2, 0.25) is 0 Å². The normalized spacial score (nSPS) is 10.1. The second-order valence-electron chi connectivity index (χ2n) is 7.10. The van der Waals surface area contributed by atoms with Crippen molar-refractivity contribution in [1.29, 1.82) is 0 Å². The van der Waals surface area contributed by atoms with E-state index in [9.17, 15) is 19.2 Å². The number of carbonyl (C=O) groups is 4. The number of carbonyl (C=O) groups excluding carboxylic acids is 4. The van der Waals surface area contributed by atoms with Gasteiger partial charge < -0.3 is 10.6 Å². The second-order valence-corrected chi connectivity index (χ2v) is 8.61. The van der Waals surface area contributed by atoms with Gasteiger partial charge in [-0.1, -0.05) is 12.1 Å². The number of rotatable bonds is 6. The van der Waals surface area contributed by atoms with Crippen molar-refractivity contribution >= 4 is 91.5 Å². The maximum atomic E-state index is 12.5. The average Bonchev–Trinajstić information content (AvgIpc) is 2.84. The van der Waals surface area contributed by atoms with Gasteiger partial charge in [0.25, 0.3) is 22.3 Å². The van der Waals surface area contributed by atoms with E-state index in [0.29, 0.717) is 11.4 Å². The van der Waals surface area contributed by atoms with Crippen LogP contribution in [-0.4, -0.2) is 32.5 Å². The van der Waals surface area contributed by atoms with E-state index in [0.717, 1.165) is 0 Å². The van der Waals surface area contributed by atoms with Gasteiger partial charge in [0.2, 0.25) is 0 Å². The third kappa shape index (κ3) is 7.65. The van der Waals surface area contributed by atoms with Crippen molar-refractivity contribution in [3.05, 3.63) is 95.1 Å². The Morgan fingerprint density at radius 3 is 1.25 bits per heavy atom. The first-order valence-electron chi connectivity index (χ1n) is 10.1. The van der Waals surface area contributed by atoms with Crippen LogP contribution in [0.3, 0.4) is 0 Å². The molecule has 0 spiro atoms. The number of anilines is 2. The van der Waals surface area contributed by atoms with Crippen LogP contribution in [0.1, 0.15) is 41.4 Å². The van der Waals surface area contributed by atoms with Crippen molar-refractivity contribution < 1.29 is 19.2 Å². The number of amides is 2. The summed E-state index contributed by atoms with van der Waals surface area (Å²) in [5.74, 6) is -1.01. The third-order valence-corrected chi connectivity index (χ3v) is 5.40. The first-order chi connectivity index (χ1) is 17.1. The fourth-order valence-electron chi connectivity index (χ4n) is 2.89. The molecule has 3 aromatic carbocycles. The molecule has 0 aliphatic heterocycles. The zero-order valence-electron chi connectivity index (χ0n) is 18.1. The van der Waals surface area contributed by atoms with E-state index < -0.39 is 22.3 Å². The number of halogens is 2. The van der Waals surface area contributed by atoms with E-state index in [4.69, 9.17) is 47.6 Å². The Morgan fingerprint density at radius 2 is 0.917 bits per heavy atom. The quantitative estimate of drug-likeness (QED) is 0.254. The molecule has 2 amide bonds. The van der Waals surface area contributed by atoms with Crippen LogP contribution in [-0.2, 0) is 0 Å². The van der Waals surface area contributed by atoms with Gasteiger partial charge in [-0.3, -0.25) is 29.8 Å². The van der Waals surface area contributed by atoms with E-state index in [1.807, 2.05) is 0 Å². The first kappa shape index (κ1) is 26.9. The van der Waals surface area contributed by atoms with Crippen LogP contribution in [0.25, 0.3) is 0 Å². The lowest BCUT2D eigenvalue weighted by Crippen LogP contribution is -2.35. The Morgan fingerprint density at radius 1 is 0.556 bits per heavy atom. The van der Waals surface area contributed by atoms with Gasteiger partial charge in [-0.2, -0.15) is 0 Å². The number of benzene rings is 3. The lowest BCUT2D eigenvalue weighted by Gasteiger charge is -2.11. The van der Waals surface area contributed by atoms with E-state index in [1.165, 1.54) is 36.4 Å². The molecule has 0 bridgehead atoms. The molecule has 0 aromatic heterocycles. The highest BCUT2D eigenvalue weighted by Gasteiger charge is 2.13. The predicted octanol–water partition coefficient (Wildman–Crippen LogP) is 4.70. The van der Waals surface area contributed by atoms with Crippen molar-refractivity contribution in [3.63, 3.8) is 0 Å². The summed E-state index contributed by atoms with van der Waals surface area (Å²) in [7, 11) is 0. The molecule has 12 heteroatoms. The molecule has 0 aliphatic rings. The van der Waals surface area contributed by atoms with Gasteiger partial charge in [0.1, 0.15) is 0 Å². The van der Waals surface area contributed by atoms with Crippen molar-refractivity contribution in [2.75, 3.05) is 10.6 Å². The molecule has 0 atom stereocenters. The maximum Gasteiger partial charge on any atom is 0.257 e.